The van der Waals surface area contributed by atoms with Gasteiger partial charge in [0.05, 0.1) is 12.6 Å². The summed E-state index contributed by atoms with van der Waals surface area (Å²) in [6.07, 6.45) is 1.82. The van der Waals surface area contributed by atoms with E-state index in [0.29, 0.717) is 6.61 Å². The number of rotatable bonds is 1. The second-order valence-corrected chi connectivity index (χ2v) is 4.56. The van der Waals surface area contributed by atoms with Crippen LogP contribution >= 0.6 is 0 Å². The van der Waals surface area contributed by atoms with Crippen LogP contribution in [0.25, 0.3) is 0 Å². The van der Waals surface area contributed by atoms with Gasteiger partial charge in [0.15, 0.2) is 6.23 Å². The predicted octanol–water partition coefficient (Wildman–Crippen LogP) is 1.89. The molecule has 0 aromatic heterocycles. The minimum atomic E-state index is -0.311. The summed E-state index contributed by atoms with van der Waals surface area (Å²) in [5.41, 5.74) is 1.00. The van der Waals surface area contributed by atoms with E-state index >= 15 is 0 Å². The standard InChI is InChI=1S/C13H16N2O2/c16-13-14-12(10-5-2-1-3-6-10)17-9-11-7-4-8-15(11)13/h1-3,5-6,11-12H,4,7-9H2,(H,14,16)/t11-,12+/m0/s1. The van der Waals surface area contributed by atoms with Crippen LogP contribution in [0.2, 0.25) is 0 Å². The van der Waals surface area contributed by atoms with E-state index in [1.807, 2.05) is 35.2 Å². The van der Waals surface area contributed by atoms with E-state index in [2.05, 4.69) is 5.32 Å². The maximum absolute atomic E-state index is 12.0. The van der Waals surface area contributed by atoms with E-state index in [-0.39, 0.29) is 18.3 Å². The fraction of sp³-hybridized carbons (Fsp3) is 0.462. The highest BCUT2D eigenvalue weighted by Gasteiger charge is 2.34. The number of hydrogen-bond donors (Lipinski definition) is 1. The van der Waals surface area contributed by atoms with Gasteiger partial charge in [-0.2, -0.15) is 0 Å². The van der Waals surface area contributed by atoms with E-state index in [1.54, 1.807) is 0 Å². The lowest BCUT2D eigenvalue weighted by Crippen LogP contribution is -2.41. The second-order valence-electron chi connectivity index (χ2n) is 4.56. The van der Waals surface area contributed by atoms with Gasteiger partial charge in [0.25, 0.3) is 0 Å². The molecule has 2 amide bonds. The summed E-state index contributed by atoms with van der Waals surface area (Å²) in [4.78, 5) is 13.9. The monoisotopic (exact) mass is 232 g/mol. The first-order chi connectivity index (χ1) is 8.34. The Labute approximate surface area is 101 Å². The molecule has 4 heteroatoms. The maximum Gasteiger partial charge on any atom is 0.320 e. The molecule has 2 aliphatic rings. The lowest BCUT2D eigenvalue weighted by Gasteiger charge is -2.20. The first-order valence-electron chi connectivity index (χ1n) is 6.08. The Morgan fingerprint density at radius 1 is 1.29 bits per heavy atom. The lowest BCUT2D eigenvalue weighted by molar-refractivity contribution is 0.0342. The number of benzene rings is 1. The fourth-order valence-corrected chi connectivity index (χ4v) is 2.53. The average molecular weight is 232 g/mol. The van der Waals surface area contributed by atoms with Crippen molar-refractivity contribution in [3.63, 3.8) is 0 Å². The molecule has 1 N–H and O–H groups in total. The molecule has 2 saturated heterocycles. The molecule has 90 valence electrons. The average Bonchev–Trinajstić information content (AvgIpc) is 2.78. The van der Waals surface area contributed by atoms with Crippen LogP contribution in [0.5, 0.6) is 0 Å². The van der Waals surface area contributed by atoms with Crippen molar-refractivity contribution in [2.75, 3.05) is 13.2 Å². The molecule has 0 aliphatic carbocycles. The van der Waals surface area contributed by atoms with Gasteiger partial charge in [-0.3, -0.25) is 0 Å². The third kappa shape index (κ3) is 2.00. The van der Waals surface area contributed by atoms with Crippen molar-refractivity contribution in [2.24, 2.45) is 0 Å². The van der Waals surface area contributed by atoms with Crippen molar-refractivity contribution in [2.45, 2.75) is 25.1 Å². The maximum atomic E-state index is 12.0. The molecule has 4 nitrogen and oxygen atoms in total. The molecular weight excluding hydrogens is 216 g/mol. The third-order valence-electron chi connectivity index (χ3n) is 3.45. The zero-order valence-corrected chi connectivity index (χ0v) is 9.63. The topological polar surface area (TPSA) is 41.6 Å². The number of hydrogen-bond acceptors (Lipinski definition) is 2. The zero-order valence-electron chi connectivity index (χ0n) is 9.63. The number of carbonyl (C=O) groups is 1. The van der Waals surface area contributed by atoms with Crippen LogP contribution in [-0.4, -0.2) is 30.1 Å². The number of fused-ring (bicyclic) bond motifs is 1. The van der Waals surface area contributed by atoms with Gasteiger partial charge in [0.2, 0.25) is 0 Å². The number of amides is 2. The molecule has 2 heterocycles. The van der Waals surface area contributed by atoms with Crippen LogP contribution in [0.3, 0.4) is 0 Å². The van der Waals surface area contributed by atoms with Gasteiger partial charge in [-0.25, -0.2) is 4.79 Å². The van der Waals surface area contributed by atoms with Crippen molar-refractivity contribution in [1.29, 1.82) is 0 Å². The molecule has 2 atom stereocenters. The molecule has 1 aromatic carbocycles. The van der Waals surface area contributed by atoms with Gasteiger partial charge in [0, 0.05) is 12.1 Å². The van der Waals surface area contributed by atoms with Crippen LogP contribution in [0, 0.1) is 0 Å². The number of nitrogens with zero attached hydrogens (tertiary/aromatic N) is 1. The smallest absolute Gasteiger partial charge is 0.320 e. The van der Waals surface area contributed by atoms with Gasteiger partial charge >= 0.3 is 6.03 Å². The van der Waals surface area contributed by atoms with E-state index in [1.165, 1.54) is 0 Å². The SMILES string of the molecule is O=C1N[C@@H](c2ccccc2)OC[C@@H]2CCCN12. The molecular formula is C13H16N2O2. The Balaban J connectivity index is 1.79. The van der Waals surface area contributed by atoms with Gasteiger partial charge in [0.1, 0.15) is 0 Å². The van der Waals surface area contributed by atoms with Crippen LogP contribution in [0.15, 0.2) is 30.3 Å². The number of nitrogens with one attached hydrogen (secondary N) is 1. The van der Waals surface area contributed by atoms with E-state index < -0.39 is 0 Å². The lowest BCUT2D eigenvalue weighted by atomic mass is 10.2. The minimum absolute atomic E-state index is 0.00106. The summed E-state index contributed by atoms with van der Waals surface area (Å²) in [5.74, 6) is 0. The minimum Gasteiger partial charge on any atom is -0.352 e. The summed E-state index contributed by atoms with van der Waals surface area (Å²) in [6, 6.07) is 10.1. The van der Waals surface area contributed by atoms with E-state index in [0.717, 1.165) is 24.9 Å². The number of urea groups is 1. The molecule has 0 saturated carbocycles. The molecule has 1 aromatic rings. The summed E-state index contributed by atoms with van der Waals surface area (Å²) >= 11 is 0. The highest BCUT2D eigenvalue weighted by atomic mass is 16.5. The van der Waals surface area contributed by atoms with Crippen molar-refractivity contribution < 1.29 is 9.53 Å². The summed E-state index contributed by atoms with van der Waals surface area (Å²) in [5, 5.41) is 2.93. The largest absolute Gasteiger partial charge is 0.352 e. The highest BCUT2D eigenvalue weighted by molar-refractivity contribution is 5.75. The molecule has 0 spiro atoms. The Hall–Kier alpha value is -1.55. The predicted molar refractivity (Wildman–Crippen MR) is 63.4 cm³/mol. The van der Waals surface area contributed by atoms with Crippen LogP contribution in [0.4, 0.5) is 4.79 Å². The van der Waals surface area contributed by atoms with Gasteiger partial charge < -0.3 is 15.0 Å². The molecule has 0 bridgehead atoms. The number of carbonyl (C=O) groups excluding carboxylic acids is 1. The van der Waals surface area contributed by atoms with Crippen molar-refractivity contribution in [1.82, 2.24) is 10.2 Å². The third-order valence-corrected chi connectivity index (χ3v) is 3.45. The van der Waals surface area contributed by atoms with Crippen LogP contribution < -0.4 is 5.32 Å². The van der Waals surface area contributed by atoms with Crippen molar-refractivity contribution >= 4 is 6.03 Å². The summed E-state index contributed by atoms with van der Waals surface area (Å²) < 4.78 is 5.80. The zero-order chi connectivity index (χ0) is 11.7. The summed E-state index contributed by atoms with van der Waals surface area (Å²) in [6.45, 7) is 1.47. The van der Waals surface area contributed by atoms with E-state index in [4.69, 9.17) is 4.74 Å². The van der Waals surface area contributed by atoms with Crippen LogP contribution in [-0.2, 0) is 4.74 Å². The van der Waals surface area contributed by atoms with Crippen LogP contribution in [0.1, 0.15) is 24.6 Å². The first-order valence-corrected chi connectivity index (χ1v) is 6.08. The second kappa shape index (κ2) is 4.37. The molecule has 2 aliphatic heterocycles. The molecule has 0 radical (unpaired) electrons. The molecule has 2 fully saturated rings. The Morgan fingerprint density at radius 3 is 2.94 bits per heavy atom. The van der Waals surface area contributed by atoms with Gasteiger partial charge in [-0.15, -0.1) is 0 Å². The van der Waals surface area contributed by atoms with Gasteiger partial charge in [-0.05, 0) is 12.8 Å². The Morgan fingerprint density at radius 2 is 2.12 bits per heavy atom. The highest BCUT2D eigenvalue weighted by Crippen LogP contribution is 2.24. The van der Waals surface area contributed by atoms with Gasteiger partial charge in [-0.1, -0.05) is 30.3 Å². The Bertz CT molecular complexity index is 407. The quantitative estimate of drug-likeness (QED) is 0.803. The van der Waals surface area contributed by atoms with Crippen molar-refractivity contribution in [3.05, 3.63) is 35.9 Å². The first kappa shape index (κ1) is 10.6. The molecule has 17 heavy (non-hydrogen) atoms. The number of ether oxygens (including phenoxy) is 1. The molecule has 0 unspecified atom stereocenters. The van der Waals surface area contributed by atoms with Crippen molar-refractivity contribution in [3.8, 4) is 0 Å². The Kier molecular flexibility index (Phi) is 2.73. The summed E-state index contributed by atoms with van der Waals surface area (Å²) in [7, 11) is 0. The molecule has 3 rings (SSSR count). The van der Waals surface area contributed by atoms with E-state index in [9.17, 15) is 4.79 Å². The fourth-order valence-electron chi connectivity index (χ4n) is 2.53. The normalized spacial score (nSPS) is 28.5.